The third kappa shape index (κ3) is 2.48. The minimum atomic E-state index is -0.789. The van der Waals surface area contributed by atoms with Gasteiger partial charge in [-0.2, -0.15) is 0 Å². The molecule has 0 aromatic heterocycles. The third-order valence-corrected chi connectivity index (χ3v) is 3.02. The Bertz CT molecular complexity index is 363. The van der Waals surface area contributed by atoms with Crippen molar-refractivity contribution >= 4 is 11.9 Å². The van der Waals surface area contributed by atoms with E-state index in [-0.39, 0.29) is 17.9 Å². The molecule has 6 nitrogen and oxygen atoms in total. The Hall–Kier alpha value is -1.40. The average Bonchev–Trinajstić information content (AvgIpc) is 2.63. The zero-order valence-corrected chi connectivity index (χ0v) is 10.4. The highest BCUT2D eigenvalue weighted by molar-refractivity contribution is 5.98. The molecule has 2 atom stereocenters. The van der Waals surface area contributed by atoms with Gasteiger partial charge in [-0.1, -0.05) is 0 Å². The van der Waals surface area contributed by atoms with Gasteiger partial charge >= 0.3 is 5.97 Å². The van der Waals surface area contributed by atoms with E-state index in [1.165, 1.54) is 21.3 Å². The van der Waals surface area contributed by atoms with Crippen molar-refractivity contribution in [3.05, 3.63) is 11.1 Å². The van der Waals surface area contributed by atoms with Crippen molar-refractivity contribution in [2.75, 3.05) is 21.3 Å². The van der Waals surface area contributed by atoms with Crippen LogP contribution in [0.1, 0.15) is 13.3 Å². The van der Waals surface area contributed by atoms with Crippen LogP contribution in [-0.4, -0.2) is 49.4 Å². The fourth-order valence-corrected chi connectivity index (χ4v) is 1.92. The summed E-state index contributed by atoms with van der Waals surface area (Å²) in [5.41, 5.74) is 0.716. The summed E-state index contributed by atoms with van der Waals surface area (Å²) in [5, 5.41) is 10.7. The van der Waals surface area contributed by atoms with E-state index in [0.29, 0.717) is 5.57 Å². The summed E-state index contributed by atoms with van der Waals surface area (Å²) in [5.74, 6) is -1.66. The van der Waals surface area contributed by atoms with Gasteiger partial charge in [-0.05, 0) is 18.9 Å². The molecule has 1 aliphatic carbocycles. The van der Waals surface area contributed by atoms with Crippen molar-refractivity contribution in [3.63, 3.8) is 0 Å². The number of amides is 1. The molecule has 1 rings (SSSR count). The van der Waals surface area contributed by atoms with Gasteiger partial charge in [0.15, 0.2) is 0 Å². The molecule has 0 aromatic carbocycles. The largest absolute Gasteiger partial charge is 0.466 e. The second-order valence-electron chi connectivity index (χ2n) is 3.91. The molecule has 0 spiro atoms. The Morgan fingerprint density at radius 3 is 2.47 bits per heavy atom. The van der Waals surface area contributed by atoms with Gasteiger partial charge in [0.05, 0.1) is 31.8 Å². The number of hydrogen-bond acceptors (Lipinski definition) is 5. The minimum absolute atomic E-state index is 0.183. The Kier molecular flexibility index (Phi) is 4.25. The van der Waals surface area contributed by atoms with Crippen LogP contribution in [0.4, 0.5) is 0 Å². The maximum Gasteiger partial charge on any atom is 0.334 e. The van der Waals surface area contributed by atoms with Gasteiger partial charge in [-0.3, -0.25) is 9.63 Å². The van der Waals surface area contributed by atoms with E-state index in [2.05, 4.69) is 4.74 Å². The van der Waals surface area contributed by atoms with Gasteiger partial charge in [0.25, 0.3) is 5.91 Å². The number of rotatable bonds is 3. The van der Waals surface area contributed by atoms with Gasteiger partial charge in [0, 0.05) is 7.05 Å². The van der Waals surface area contributed by atoms with Crippen LogP contribution in [0.2, 0.25) is 0 Å². The molecule has 6 heteroatoms. The topological polar surface area (TPSA) is 76.1 Å². The first-order chi connectivity index (χ1) is 7.93. The van der Waals surface area contributed by atoms with E-state index in [9.17, 15) is 14.7 Å². The van der Waals surface area contributed by atoms with Crippen LogP contribution >= 0.6 is 0 Å². The molecule has 96 valence electrons. The lowest BCUT2D eigenvalue weighted by Gasteiger charge is -2.19. The molecular formula is C11H17NO5. The van der Waals surface area contributed by atoms with E-state index in [1.807, 2.05) is 0 Å². The van der Waals surface area contributed by atoms with Gasteiger partial charge in [0.1, 0.15) is 0 Å². The van der Waals surface area contributed by atoms with Gasteiger partial charge < -0.3 is 9.84 Å². The van der Waals surface area contributed by atoms with Crippen LogP contribution in [0.25, 0.3) is 0 Å². The number of ether oxygens (including phenoxy) is 1. The van der Waals surface area contributed by atoms with Gasteiger partial charge in [-0.15, -0.1) is 0 Å². The predicted octanol–water partition coefficient (Wildman–Crippen LogP) is -0.124. The van der Waals surface area contributed by atoms with E-state index >= 15 is 0 Å². The summed E-state index contributed by atoms with van der Waals surface area (Å²) < 4.78 is 4.63. The molecule has 0 fully saturated rings. The van der Waals surface area contributed by atoms with Gasteiger partial charge in [-0.25, -0.2) is 9.86 Å². The zero-order valence-electron chi connectivity index (χ0n) is 10.4. The summed E-state index contributed by atoms with van der Waals surface area (Å²) in [4.78, 5) is 28.3. The van der Waals surface area contributed by atoms with Crippen LogP contribution in [0.15, 0.2) is 11.1 Å². The van der Waals surface area contributed by atoms with E-state index in [1.54, 1.807) is 6.92 Å². The summed E-state index contributed by atoms with van der Waals surface area (Å²) in [7, 11) is 4.06. The first kappa shape index (κ1) is 13.7. The van der Waals surface area contributed by atoms with Crippen LogP contribution < -0.4 is 0 Å². The summed E-state index contributed by atoms with van der Waals surface area (Å²) in [6.07, 6.45) is -0.605. The average molecular weight is 243 g/mol. The first-order valence-electron chi connectivity index (χ1n) is 5.22. The molecule has 0 saturated heterocycles. The fraction of sp³-hybridized carbons (Fsp3) is 0.636. The predicted molar refractivity (Wildman–Crippen MR) is 58.6 cm³/mol. The molecule has 0 heterocycles. The molecule has 0 aromatic rings. The fourth-order valence-electron chi connectivity index (χ4n) is 1.92. The van der Waals surface area contributed by atoms with E-state index in [4.69, 9.17) is 4.84 Å². The maximum absolute atomic E-state index is 11.9. The molecule has 1 aliphatic rings. The van der Waals surface area contributed by atoms with Crippen molar-refractivity contribution in [2.45, 2.75) is 19.4 Å². The lowest BCUT2D eigenvalue weighted by Crippen LogP contribution is -2.34. The van der Waals surface area contributed by atoms with Crippen LogP contribution in [-0.2, 0) is 19.2 Å². The molecule has 17 heavy (non-hydrogen) atoms. The normalized spacial score (nSPS) is 23.8. The lowest BCUT2D eigenvalue weighted by molar-refractivity contribution is -0.173. The highest BCUT2D eigenvalue weighted by atomic mass is 16.7. The summed E-state index contributed by atoms with van der Waals surface area (Å²) in [6, 6.07) is 0. The van der Waals surface area contributed by atoms with E-state index < -0.39 is 18.0 Å². The van der Waals surface area contributed by atoms with E-state index in [0.717, 1.165) is 5.06 Å². The van der Waals surface area contributed by atoms with Crippen molar-refractivity contribution in [1.29, 1.82) is 0 Å². The van der Waals surface area contributed by atoms with Crippen LogP contribution in [0.5, 0.6) is 0 Å². The number of esters is 1. The van der Waals surface area contributed by atoms with Crippen LogP contribution in [0, 0.1) is 5.92 Å². The molecule has 0 aliphatic heterocycles. The minimum Gasteiger partial charge on any atom is -0.466 e. The second kappa shape index (κ2) is 5.29. The Morgan fingerprint density at radius 1 is 1.41 bits per heavy atom. The molecule has 0 saturated carbocycles. The lowest BCUT2D eigenvalue weighted by atomic mass is 10.00. The molecule has 1 N–H and O–H groups in total. The number of aliphatic hydroxyl groups excluding tert-OH is 1. The van der Waals surface area contributed by atoms with Crippen molar-refractivity contribution in [3.8, 4) is 0 Å². The zero-order chi connectivity index (χ0) is 13.2. The summed E-state index contributed by atoms with van der Waals surface area (Å²) in [6.45, 7) is 1.62. The number of carbonyl (C=O) groups excluding carboxylic acids is 2. The highest BCUT2D eigenvalue weighted by Gasteiger charge is 2.40. The third-order valence-electron chi connectivity index (χ3n) is 3.02. The quantitative estimate of drug-likeness (QED) is 0.552. The number of aliphatic hydroxyl groups is 1. The Labute approximate surface area is 99.8 Å². The number of methoxy groups -OCH3 is 1. The monoisotopic (exact) mass is 243 g/mol. The molecule has 0 unspecified atom stereocenters. The Morgan fingerprint density at radius 2 is 2.00 bits per heavy atom. The second-order valence-corrected chi connectivity index (χ2v) is 3.91. The van der Waals surface area contributed by atoms with Crippen molar-refractivity contribution < 1.29 is 24.3 Å². The number of nitrogens with zero attached hydrogens (tertiary/aromatic N) is 1. The molecule has 0 radical (unpaired) electrons. The smallest absolute Gasteiger partial charge is 0.334 e. The number of hydroxylamine groups is 2. The summed E-state index contributed by atoms with van der Waals surface area (Å²) >= 11 is 0. The van der Waals surface area contributed by atoms with Crippen molar-refractivity contribution in [2.24, 2.45) is 5.92 Å². The molecule has 1 amide bonds. The van der Waals surface area contributed by atoms with Crippen LogP contribution in [0.3, 0.4) is 0 Å². The number of hydrogen-bond donors (Lipinski definition) is 1. The number of carbonyl (C=O) groups is 2. The molecule has 0 bridgehead atoms. The van der Waals surface area contributed by atoms with Gasteiger partial charge in [0.2, 0.25) is 0 Å². The standard InChI is InChI=1S/C11H17NO5/c1-6-8(13)5-7(9(6)11(15)16-3)10(14)12(2)17-4/h7-8,13H,5H2,1-4H3/t7-,8+/m0/s1. The molecular weight excluding hydrogens is 226 g/mol. The maximum atomic E-state index is 11.9. The van der Waals surface area contributed by atoms with Crippen molar-refractivity contribution in [1.82, 2.24) is 5.06 Å². The highest BCUT2D eigenvalue weighted by Crippen LogP contribution is 2.34. The first-order valence-corrected chi connectivity index (χ1v) is 5.22. The Balaban J connectivity index is 3.02. The SMILES string of the molecule is COC(=O)C1=C(C)[C@H](O)C[C@@H]1C(=O)N(C)OC.